The molecule has 112 valence electrons. The molecule has 0 bridgehead atoms. The SMILES string of the molecule is OCCNCCNCc1cnc(N2CCOCC2)nc1. The Morgan fingerprint density at radius 2 is 1.80 bits per heavy atom. The first-order valence-corrected chi connectivity index (χ1v) is 7.06. The first kappa shape index (κ1) is 15.1. The molecule has 1 aliphatic heterocycles. The highest BCUT2D eigenvalue weighted by Crippen LogP contribution is 2.09. The van der Waals surface area contributed by atoms with E-state index in [2.05, 4.69) is 25.5 Å². The van der Waals surface area contributed by atoms with E-state index >= 15 is 0 Å². The van der Waals surface area contributed by atoms with Crippen LogP contribution in [0.15, 0.2) is 12.4 Å². The quantitative estimate of drug-likeness (QED) is 0.526. The van der Waals surface area contributed by atoms with Crippen LogP contribution in [0.25, 0.3) is 0 Å². The van der Waals surface area contributed by atoms with Crippen LogP contribution in [0.3, 0.4) is 0 Å². The van der Waals surface area contributed by atoms with E-state index in [-0.39, 0.29) is 6.61 Å². The Labute approximate surface area is 119 Å². The summed E-state index contributed by atoms with van der Waals surface area (Å²) in [6.07, 6.45) is 3.73. The van der Waals surface area contributed by atoms with E-state index in [4.69, 9.17) is 9.84 Å². The highest BCUT2D eigenvalue weighted by molar-refractivity contribution is 5.30. The molecular weight excluding hydrogens is 258 g/mol. The largest absolute Gasteiger partial charge is 0.395 e. The molecule has 0 atom stereocenters. The van der Waals surface area contributed by atoms with Gasteiger partial charge in [-0.15, -0.1) is 0 Å². The summed E-state index contributed by atoms with van der Waals surface area (Å²) in [4.78, 5) is 10.9. The van der Waals surface area contributed by atoms with Crippen molar-refractivity contribution in [2.75, 3.05) is 57.4 Å². The number of hydrogen-bond acceptors (Lipinski definition) is 7. The number of nitrogens with one attached hydrogen (secondary N) is 2. The van der Waals surface area contributed by atoms with Gasteiger partial charge in [0.15, 0.2) is 0 Å². The van der Waals surface area contributed by atoms with Crippen LogP contribution in [-0.4, -0.2) is 67.6 Å². The van der Waals surface area contributed by atoms with Gasteiger partial charge in [-0.2, -0.15) is 0 Å². The molecule has 1 aromatic heterocycles. The van der Waals surface area contributed by atoms with Gasteiger partial charge in [0.05, 0.1) is 19.8 Å². The van der Waals surface area contributed by atoms with Gasteiger partial charge in [0.25, 0.3) is 0 Å². The van der Waals surface area contributed by atoms with E-state index in [1.165, 1.54) is 0 Å². The molecule has 1 fully saturated rings. The van der Waals surface area contributed by atoms with E-state index in [1.807, 2.05) is 12.4 Å². The number of ether oxygens (including phenoxy) is 1. The first-order valence-electron chi connectivity index (χ1n) is 7.06. The molecule has 7 heteroatoms. The van der Waals surface area contributed by atoms with Gasteiger partial charge in [0.1, 0.15) is 0 Å². The smallest absolute Gasteiger partial charge is 0.225 e. The summed E-state index contributed by atoms with van der Waals surface area (Å²) in [5.74, 6) is 0.779. The predicted octanol–water partition coefficient (Wildman–Crippen LogP) is -1.02. The van der Waals surface area contributed by atoms with E-state index in [9.17, 15) is 0 Å². The number of anilines is 1. The second-order valence-electron chi connectivity index (χ2n) is 4.64. The van der Waals surface area contributed by atoms with Crippen LogP contribution < -0.4 is 15.5 Å². The fourth-order valence-corrected chi connectivity index (χ4v) is 1.98. The predicted molar refractivity (Wildman–Crippen MR) is 76.7 cm³/mol. The molecule has 0 spiro atoms. The monoisotopic (exact) mass is 281 g/mol. The molecule has 0 radical (unpaired) electrons. The maximum atomic E-state index is 8.62. The number of nitrogens with zero attached hydrogens (tertiary/aromatic N) is 3. The molecule has 0 unspecified atom stereocenters. The van der Waals surface area contributed by atoms with Crippen molar-refractivity contribution in [3.05, 3.63) is 18.0 Å². The zero-order valence-corrected chi connectivity index (χ0v) is 11.7. The maximum Gasteiger partial charge on any atom is 0.225 e. The molecule has 2 rings (SSSR count). The maximum absolute atomic E-state index is 8.62. The number of hydrogen-bond donors (Lipinski definition) is 3. The van der Waals surface area contributed by atoms with Gasteiger partial charge in [-0.25, -0.2) is 9.97 Å². The molecule has 3 N–H and O–H groups in total. The average Bonchev–Trinajstić information content (AvgIpc) is 2.52. The fourth-order valence-electron chi connectivity index (χ4n) is 1.98. The lowest BCUT2D eigenvalue weighted by Crippen LogP contribution is -2.37. The number of aliphatic hydroxyl groups is 1. The van der Waals surface area contributed by atoms with Gasteiger partial charge >= 0.3 is 0 Å². The van der Waals surface area contributed by atoms with Gasteiger partial charge < -0.3 is 25.4 Å². The van der Waals surface area contributed by atoms with Crippen molar-refractivity contribution in [3.8, 4) is 0 Å². The minimum Gasteiger partial charge on any atom is -0.395 e. The third-order valence-corrected chi connectivity index (χ3v) is 3.08. The Bertz CT molecular complexity index is 368. The van der Waals surface area contributed by atoms with Crippen LogP contribution in [0.4, 0.5) is 5.95 Å². The molecule has 0 saturated carbocycles. The van der Waals surface area contributed by atoms with E-state index in [0.717, 1.165) is 57.4 Å². The molecule has 7 nitrogen and oxygen atoms in total. The van der Waals surface area contributed by atoms with E-state index < -0.39 is 0 Å². The van der Waals surface area contributed by atoms with Gasteiger partial charge in [0, 0.05) is 57.2 Å². The Balaban J connectivity index is 1.68. The zero-order valence-electron chi connectivity index (χ0n) is 11.7. The lowest BCUT2D eigenvalue weighted by atomic mass is 10.3. The van der Waals surface area contributed by atoms with Crippen molar-refractivity contribution in [3.63, 3.8) is 0 Å². The second kappa shape index (κ2) is 8.80. The number of rotatable bonds is 8. The molecule has 2 heterocycles. The highest BCUT2D eigenvalue weighted by atomic mass is 16.5. The second-order valence-corrected chi connectivity index (χ2v) is 4.64. The number of aromatic nitrogens is 2. The number of aliphatic hydroxyl groups excluding tert-OH is 1. The zero-order chi connectivity index (χ0) is 14.0. The highest BCUT2D eigenvalue weighted by Gasteiger charge is 2.13. The van der Waals surface area contributed by atoms with Crippen molar-refractivity contribution < 1.29 is 9.84 Å². The van der Waals surface area contributed by atoms with Crippen LogP contribution >= 0.6 is 0 Å². The Morgan fingerprint density at radius 3 is 2.50 bits per heavy atom. The van der Waals surface area contributed by atoms with Crippen LogP contribution in [0.1, 0.15) is 5.56 Å². The van der Waals surface area contributed by atoms with Crippen molar-refractivity contribution in [1.82, 2.24) is 20.6 Å². The molecule has 20 heavy (non-hydrogen) atoms. The van der Waals surface area contributed by atoms with Gasteiger partial charge in [-0.3, -0.25) is 0 Å². The van der Waals surface area contributed by atoms with Gasteiger partial charge in [-0.05, 0) is 0 Å². The fraction of sp³-hybridized carbons (Fsp3) is 0.692. The summed E-state index contributed by atoms with van der Waals surface area (Å²) >= 11 is 0. The molecule has 1 aliphatic rings. The molecule has 1 saturated heterocycles. The average molecular weight is 281 g/mol. The standard InChI is InChI=1S/C13H23N5O2/c19-6-3-14-1-2-15-9-12-10-16-13(17-11-12)18-4-7-20-8-5-18/h10-11,14-15,19H,1-9H2. The lowest BCUT2D eigenvalue weighted by molar-refractivity contribution is 0.122. The van der Waals surface area contributed by atoms with Gasteiger partial charge in [0.2, 0.25) is 5.95 Å². The molecule has 0 amide bonds. The van der Waals surface area contributed by atoms with Crippen LogP contribution in [0, 0.1) is 0 Å². The minimum atomic E-state index is 0.177. The minimum absolute atomic E-state index is 0.177. The van der Waals surface area contributed by atoms with Gasteiger partial charge in [-0.1, -0.05) is 0 Å². The normalized spacial score (nSPS) is 15.6. The number of morpholine rings is 1. The molecule has 0 aromatic carbocycles. The summed E-state index contributed by atoms with van der Waals surface area (Å²) in [6, 6.07) is 0. The summed E-state index contributed by atoms with van der Waals surface area (Å²) in [6.45, 7) is 6.46. The lowest BCUT2D eigenvalue weighted by Gasteiger charge is -2.26. The third kappa shape index (κ3) is 5.01. The van der Waals surface area contributed by atoms with Crippen LogP contribution in [0.5, 0.6) is 0 Å². The summed E-state index contributed by atoms with van der Waals surface area (Å²) < 4.78 is 5.31. The molecule has 0 aliphatic carbocycles. The van der Waals surface area contributed by atoms with E-state index in [1.54, 1.807) is 0 Å². The van der Waals surface area contributed by atoms with Crippen molar-refractivity contribution in [2.45, 2.75) is 6.54 Å². The third-order valence-electron chi connectivity index (χ3n) is 3.08. The Kier molecular flexibility index (Phi) is 6.65. The summed E-state index contributed by atoms with van der Waals surface area (Å²) in [5, 5.41) is 15.0. The van der Waals surface area contributed by atoms with Crippen molar-refractivity contribution in [1.29, 1.82) is 0 Å². The van der Waals surface area contributed by atoms with Crippen molar-refractivity contribution >= 4 is 5.95 Å². The summed E-state index contributed by atoms with van der Waals surface area (Å²) in [7, 11) is 0. The van der Waals surface area contributed by atoms with Crippen molar-refractivity contribution in [2.24, 2.45) is 0 Å². The van der Waals surface area contributed by atoms with Crippen LogP contribution in [0.2, 0.25) is 0 Å². The van der Waals surface area contributed by atoms with E-state index in [0.29, 0.717) is 6.54 Å². The molecule has 1 aromatic rings. The summed E-state index contributed by atoms with van der Waals surface area (Å²) in [5.41, 5.74) is 1.07. The molecular formula is C13H23N5O2. The topological polar surface area (TPSA) is 82.5 Å². The first-order chi connectivity index (χ1) is 9.90. The van der Waals surface area contributed by atoms with Crippen LogP contribution in [-0.2, 0) is 11.3 Å². The Morgan fingerprint density at radius 1 is 1.10 bits per heavy atom. The Hall–Kier alpha value is -1.28.